The first-order chi connectivity index (χ1) is 12.7. The molecule has 2 aliphatic rings. The number of nitrogens with zero attached hydrogens (tertiary/aromatic N) is 1. The summed E-state index contributed by atoms with van der Waals surface area (Å²) in [6.07, 6.45) is 1.50. The highest BCUT2D eigenvalue weighted by Gasteiger charge is 2.40. The average molecular weight is 372 g/mol. The van der Waals surface area contributed by atoms with Gasteiger partial charge in [0.15, 0.2) is 0 Å². The first kappa shape index (κ1) is 19.4. The van der Waals surface area contributed by atoms with Crippen LogP contribution in [0.15, 0.2) is 24.3 Å². The summed E-state index contributed by atoms with van der Waals surface area (Å²) in [5.41, 5.74) is 0.479. The Kier molecular flexibility index (Phi) is 5.27. The van der Waals surface area contributed by atoms with Crippen LogP contribution in [0.25, 0.3) is 0 Å². The molecule has 3 amide bonds. The van der Waals surface area contributed by atoms with E-state index >= 15 is 0 Å². The van der Waals surface area contributed by atoms with Gasteiger partial charge in [0, 0.05) is 13.1 Å². The minimum Gasteiger partial charge on any atom is -0.444 e. The topological polar surface area (TPSA) is 75.7 Å². The van der Waals surface area contributed by atoms with Crippen LogP contribution in [0.3, 0.4) is 0 Å². The molecule has 1 aromatic carbocycles. The molecule has 6 nitrogen and oxygen atoms in total. The van der Waals surface area contributed by atoms with Crippen LogP contribution in [0.2, 0.25) is 0 Å². The van der Waals surface area contributed by atoms with Gasteiger partial charge in [-0.3, -0.25) is 14.5 Å². The second-order valence-electron chi connectivity index (χ2n) is 8.61. The molecule has 6 heteroatoms. The molecule has 1 saturated carbocycles. The van der Waals surface area contributed by atoms with E-state index in [0.717, 1.165) is 12.8 Å². The van der Waals surface area contributed by atoms with Gasteiger partial charge in [-0.15, -0.1) is 0 Å². The number of carbonyl (C=O) groups excluding carboxylic acids is 3. The molecule has 27 heavy (non-hydrogen) atoms. The lowest BCUT2D eigenvalue weighted by Gasteiger charge is -2.25. The van der Waals surface area contributed by atoms with E-state index in [1.807, 2.05) is 20.8 Å². The lowest BCUT2D eigenvalue weighted by atomic mass is 9.91. The van der Waals surface area contributed by atoms with Gasteiger partial charge < -0.3 is 10.1 Å². The van der Waals surface area contributed by atoms with Crippen LogP contribution in [0, 0.1) is 17.8 Å². The van der Waals surface area contributed by atoms with Crippen molar-refractivity contribution in [2.45, 2.75) is 46.1 Å². The Morgan fingerprint density at radius 2 is 1.67 bits per heavy atom. The molecule has 3 rings (SSSR count). The Labute approximate surface area is 160 Å². The predicted molar refractivity (Wildman–Crippen MR) is 101 cm³/mol. The standard InChI is InChI=1S/C21H28N2O4/c1-13-14(11-22-20(26)27-21(2,3)4)9-10-15(13)12-23-18(24)16-7-5-6-8-17(16)19(23)25/h5-8,13-15H,9-12H2,1-4H3,(H,22,26). The largest absolute Gasteiger partial charge is 0.444 e. The monoisotopic (exact) mass is 372 g/mol. The van der Waals surface area contributed by atoms with Gasteiger partial charge in [0.2, 0.25) is 0 Å². The summed E-state index contributed by atoms with van der Waals surface area (Å²) in [4.78, 5) is 38.4. The highest BCUT2D eigenvalue weighted by atomic mass is 16.6. The molecule has 3 unspecified atom stereocenters. The van der Waals surface area contributed by atoms with E-state index in [1.165, 1.54) is 4.90 Å². The predicted octanol–water partition coefficient (Wildman–Crippen LogP) is 3.47. The minimum atomic E-state index is -0.514. The van der Waals surface area contributed by atoms with E-state index in [2.05, 4.69) is 12.2 Å². The van der Waals surface area contributed by atoms with Crippen molar-refractivity contribution in [1.82, 2.24) is 10.2 Å². The van der Waals surface area contributed by atoms with Crippen LogP contribution >= 0.6 is 0 Å². The molecule has 1 aromatic rings. The molecule has 0 aromatic heterocycles. The summed E-state index contributed by atoms with van der Waals surface area (Å²) in [5, 5.41) is 2.85. The van der Waals surface area contributed by atoms with Gasteiger partial charge in [0.05, 0.1) is 11.1 Å². The van der Waals surface area contributed by atoms with Crippen molar-refractivity contribution < 1.29 is 19.1 Å². The maximum atomic E-state index is 12.6. The van der Waals surface area contributed by atoms with Gasteiger partial charge in [0.1, 0.15) is 5.60 Å². The zero-order chi connectivity index (χ0) is 19.8. The number of hydrogen-bond acceptors (Lipinski definition) is 4. The lowest BCUT2D eigenvalue weighted by molar-refractivity contribution is 0.0515. The number of imide groups is 1. The van der Waals surface area contributed by atoms with E-state index in [9.17, 15) is 14.4 Å². The Bertz CT molecular complexity index is 718. The summed E-state index contributed by atoms with van der Waals surface area (Å²) < 4.78 is 5.28. The Morgan fingerprint density at radius 1 is 1.11 bits per heavy atom. The van der Waals surface area contributed by atoms with Crippen molar-refractivity contribution in [2.24, 2.45) is 17.8 Å². The molecule has 1 aliphatic carbocycles. The molecule has 0 bridgehead atoms. The number of alkyl carbamates (subject to hydrolysis) is 1. The number of fused-ring (bicyclic) bond motifs is 1. The van der Waals surface area contributed by atoms with E-state index in [-0.39, 0.29) is 17.7 Å². The molecule has 0 spiro atoms. The zero-order valence-electron chi connectivity index (χ0n) is 16.5. The molecule has 1 heterocycles. The van der Waals surface area contributed by atoms with Crippen LogP contribution in [0.1, 0.15) is 61.3 Å². The van der Waals surface area contributed by atoms with E-state index in [1.54, 1.807) is 24.3 Å². The third-order valence-corrected chi connectivity index (χ3v) is 5.60. The summed E-state index contributed by atoms with van der Waals surface area (Å²) in [6, 6.07) is 6.98. The number of ether oxygens (including phenoxy) is 1. The zero-order valence-corrected chi connectivity index (χ0v) is 16.5. The number of rotatable bonds is 4. The molecule has 1 fully saturated rings. The number of benzene rings is 1. The number of amides is 3. The van der Waals surface area contributed by atoms with Crippen LogP contribution in [0.4, 0.5) is 4.79 Å². The normalized spacial score (nSPS) is 24.9. The fourth-order valence-electron chi connectivity index (χ4n) is 4.05. The van der Waals surface area contributed by atoms with Gasteiger partial charge in [-0.1, -0.05) is 19.1 Å². The van der Waals surface area contributed by atoms with Gasteiger partial charge in [-0.25, -0.2) is 4.79 Å². The van der Waals surface area contributed by atoms with Gasteiger partial charge in [-0.2, -0.15) is 0 Å². The molecular formula is C21H28N2O4. The molecule has 1 aliphatic heterocycles. The molecule has 1 N–H and O–H groups in total. The smallest absolute Gasteiger partial charge is 0.407 e. The third kappa shape index (κ3) is 4.15. The molecule has 0 radical (unpaired) electrons. The van der Waals surface area contributed by atoms with Crippen LogP contribution in [-0.4, -0.2) is 41.5 Å². The SMILES string of the molecule is CC1C(CNC(=O)OC(C)(C)C)CCC1CN1C(=O)c2ccccc2C1=O. The maximum absolute atomic E-state index is 12.6. The molecule has 146 valence electrons. The van der Waals surface area contributed by atoms with Crippen molar-refractivity contribution in [3.8, 4) is 0 Å². The minimum absolute atomic E-state index is 0.196. The summed E-state index contributed by atoms with van der Waals surface area (Å²) in [7, 11) is 0. The summed E-state index contributed by atoms with van der Waals surface area (Å²) >= 11 is 0. The van der Waals surface area contributed by atoms with E-state index in [0.29, 0.717) is 36.1 Å². The van der Waals surface area contributed by atoms with E-state index < -0.39 is 11.7 Å². The van der Waals surface area contributed by atoms with Crippen LogP contribution in [0.5, 0.6) is 0 Å². The Balaban J connectivity index is 1.55. The molecular weight excluding hydrogens is 344 g/mol. The first-order valence-corrected chi connectivity index (χ1v) is 9.59. The highest BCUT2D eigenvalue weighted by molar-refractivity contribution is 6.21. The van der Waals surface area contributed by atoms with Gasteiger partial charge in [0.25, 0.3) is 11.8 Å². The highest BCUT2D eigenvalue weighted by Crippen LogP contribution is 2.38. The quantitative estimate of drug-likeness (QED) is 0.821. The number of nitrogens with one attached hydrogen (secondary N) is 1. The van der Waals surface area contributed by atoms with E-state index in [4.69, 9.17) is 4.74 Å². The van der Waals surface area contributed by atoms with Crippen molar-refractivity contribution in [3.63, 3.8) is 0 Å². The fraction of sp³-hybridized carbons (Fsp3) is 0.571. The van der Waals surface area contributed by atoms with Gasteiger partial charge in [-0.05, 0) is 63.5 Å². The first-order valence-electron chi connectivity index (χ1n) is 9.59. The van der Waals surface area contributed by atoms with Crippen molar-refractivity contribution >= 4 is 17.9 Å². The molecule has 0 saturated heterocycles. The van der Waals surface area contributed by atoms with Crippen molar-refractivity contribution in [3.05, 3.63) is 35.4 Å². The Morgan fingerprint density at radius 3 is 2.22 bits per heavy atom. The summed E-state index contributed by atoms with van der Waals surface area (Å²) in [6.45, 7) is 8.64. The second-order valence-corrected chi connectivity index (χ2v) is 8.61. The molecule has 3 atom stereocenters. The summed E-state index contributed by atoms with van der Waals surface area (Å²) in [5.74, 6) is 0.482. The third-order valence-electron chi connectivity index (χ3n) is 5.60. The maximum Gasteiger partial charge on any atom is 0.407 e. The average Bonchev–Trinajstić information content (AvgIpc) is 3.05. The Hall–Kier alpha value is -2.37. The lowest BCUT2D eigenvalue weighted by Crippen LogP contribution is -2.38. The van der Waals surface area contributed by atoms with Crippen LogP contribution in [-0.2, 0) is 4.74 Å². The number of carbonyl (C=O) groups is 3. The van der Waals surface area contributed by atoms with Gasteiger partial charge >= 0.3 is 6.09 Å². The van der Waals surface area contributed by atoms with Crippen LogP contribution < -0.4 is 5.32 Å². The second kappa shape index (κ2) is 7.33. The fourth-order valence-corrected chi connectivity index (χ4v) is 4.05. The van der Waals surface area contributed by atoms with Crippen molar-refractivity contribution in [1.29, 1.82) is 0 Å². The van der Waals surface area contributed by atoms with Crippen molar-refractivity contribution in [2.75, 3.05) is 13.1 Å². The number of hydrogen-bond donors (Lipinski definition) is 1.